The van der Waals surface area contributed by atoms with Gasteiger partial charge in [-0.05, 0) is 31.0 Å². The summed E-state index contributed by atoms with van der Waals surface area (Å²) >= 11 is 11.7. The number of hydrogen-bond acceptors (Lipinski definition) is 2. The van der Waals surface area contributed by atoms with Gasteiger partial charge in [0.25, 0.3) is 0 Å². The van der Waals surface area contributed by atoms with Gasteiger partial charge in [0, 0.05) is 5.02 Å². The predicted octanol–water partition coefficient (Wildman–Crippen LogP) is 3.99. The second kappa shape index (κ2) is 6.27. The molecule has 4 nitrogen and oxygen atoms in total. The molecule has 6 heteroatoms. The lowest BCUT2D eigenvalue weighted by Gasteiger charge is -2.12. The second-order valence-electron chi connectivity index (χ2n) is 4.20. The normalized spacial score (nSPS) is 15.7. The topological polar surface area (TPSA) is 50.4 Å². The van der Waals surface area contributed by atoms with E-state index >= 15 is 0 Å². The highest BCUT2D eigenvalue weighted by Gasteiger charge is 2.17. The third-order valence-electron chi connectivity index (χ3n) is 2.80. The van der Waals surface area contributed by atoms with Crippen LogP contribution >= 0.6 is 23.2 Å². The summed E-state index contributed by atoms with van der Waals surface area (Å²) in [5.41, 5.74) is 2.82. The number of urea groups is 1. The van der Waals surface area contributed by atoms with Crippen molar-refractivity contribution in [2.24, 2.45) is 0 Å². The second-order valence-corrected chi connectivity index (χ2v) is 5.05. The quantitative estimate of drug-likeness (QED) is 0.827. The fraction of sp³-hybridized carbons (Fsp3) is 0.417. The molecule has 0 aliphatic heterocycles. The summed E-state index contributed by atoms with van der Waals surface area (Å²) in [6, 6.07) is 4.41. The average Bonchev–Trinajstić information content (AvgIpc) is 2.84. The van der Waals surface area contributed by atoms with E-state index in [4.69, 9.17) is 28.0 Å². The molecule has 2 amide bonds. The van der Waals surface area contributed by atoms with Crippen molar-refractivity contribution in [3.05, 3.63) is 28.2 Å². The van der Waals surface area contributed by atoms with Crippen molar-refractivity contribution >= 4 is 34.9 Å². The molecule has 0 atom stereocenters. The summed E-state index contributed by atoms with van der Waals surface area (Å²) in [5, 5.41) is 3.52. The fourth-order valence-electron chi connectivity index (χ4n) is 1.88. The van der Waals surface area contributed by atoms with Gasteiger partial charge < -0.3 is 5.32 Å². The Hall–Kier alpha value is -0.970. The molecule has 2 rings (SSSR count). The maximum Gasteiger partial charge on any atom is 0.343 e. The summed E-state index contributed by atoms with van der Waals surface area (Å²) in [6.07, 6.45) is 4.38. The highest BCUT2D eigenvalue weighted by Crippen LogP contribution is 2.25. The van der Waals surface area contributed by atoms with Crippen LogP contribution in [0.15, 0.2) is 18.2 Å². The smallest absolute Gasteiger partial charge is 0.305 e. The number of hydroxylamine groups is 1. The molecule has 1 aliphatic rings. The first-order chi connectivity index (χ1) is 8.65. The molecule has 18 heavy (non-hydrogen) atoms. The van der Waals surface area contributed by atoms with Gasteiger partial charge in [-0.1, -0.05) is 36.0 Å². The van der Waals surface area contributed by atoms with Crippen LogP contribution in [0.5, 0.6) is 0 Å². The van der Waals surface area contributed by atoms with E-state index in [-0.39, 0.29) is 6.10 Å². The van der Waals surface area contributed by atoms with E-state index in [1.54, 1.807) is 18.2 Å². The molecule has 1 saturated carbocycles. The Morgan fingerprint density at radius 3 is 2.72 bits per heavy atom. The van der Waals surface area contributed by atoms with Gasteiger partial charge in [-0.3, -0.25) is 4.84 Å². The molecule has 0 aromatic heterocycles. The first-order valence-corrected chi connectivity index (χ1v) is 6.58. The molecule has 0 saturated heterocycles. The Balaban J connectivity index is 1.84. The van der Waals surface area contributed by atoms with Gasteiger partial charge in [-0.15, -0.1) is 0 Å². The first kappa shape index (κ1) is 13.5. The largest absolute Gasteiger partial charge is 0.343 e. The van der Waals surface area contributed by atoms with Crippen molar-refractivity contribution in [2.75, 3.05) is 5.32 Å². The molecular formula is C12H14Cl2N2O2. The Morgan fingerprint density at radius 2 is 2.00 bits per heavy atom. The molecule has 1 aromatic carbocycles. The molecule has 0 spiro atoms. The monoisotopic (exact) mass is 288 g/mol. The van der Waals surface area contributed by atoms with Gasteiger partial charge in [0.05, 0.1) is 16.8 Å². The lowest BCUT2D eigenvalue weighted by Crippen LogP contribution is -2.32. The van der Waals surface area contributed by atoms with E-state index < -0.39 is 6.03 Å². The van der Waals surface area contributed by atoms with Crippen LogP contribution < -0.4 is 10.8 Å². The number of nitrogens with one attached hydrogen (secondary N) is 2. The average molecular weight is 289 g/mol. The lowest BCUT2D eigenvalue weighted by atomic mass is 10.3. The van der Waals surface area contributed by atoms with Crippen molar-refractivity contribution in [3.63, 3.8) is 0 Å². The Kier molecular flexibility index (Phi) is 4.69. The zero-order valence-corrected chi connectivity index (χ0v) is 11.2. The molecule has 0 bridgehead atoms. The van der Waals surface area contributed by atoms with Gasteiger partial charge in [-0.2, -0.15) is 0 Å². The summed E-state index contributed by atoms with van der Waals surface area (Å²) in [4.78, 5) is 16.9. The molecule has 1 aromatic rings. The van der Waals surface area contributed by atoms with Gasteiger partial charge in [0.2, 0.25) is 0 Å². The van der Waals surface area contributed by atoms with Crippen molar-refractivity contribution in [3.8, 4) is 0 Å². The van der Waals surface area contributed by atoms with Crippen LogP contribution in [0.2, 0.25) is 10.0 Å². The molecule has 0 heterocycles. The lowest BCUT2D eigenvalue weighted by molar-refractivity contribution is 0.00336. The maximum atomic E-state index is 11.6. The number of carbonyl (C=O) groups is 1. The van der Waals surface area contributed by atoms with Crippen LogP contribution in [0.25, 0.3) is 0 Å². The van der Waals surface area contributed by atoms with Crippen molar-refractivity contribution < 1.29 is 9.63 Å². The van der Waals surface area contributed by atoms with Crippen molar-refractivity contribution in [1.29, 1.82) is 0 Å². The number of hydrogen-bond donors (Lipinski definition) is 2. The first-order valence-electron chi connectivity index (χ1n) is 5.83. The zero-order valence-electron chi connectivity index (χ0n) is 9.71. The number of amides is 2. The standard InChI is InChI=1S/C12H14Cl2N2O2/c13-8-5-6-10(14)11(7-8)15-12(17)16-18-9-3-1-2-4-9/h5-7,9H,1-4H2,(H2,15,16,17). The van der Waals surface area contributed by atoms with Crippen LogP contribution in [0.3, 0.4) is 0 Å². The van der Waals surface area contributed by atoms with E-state index in [0.717, 1.165) is 25.7 Å². The van der Waals surface area contributed by atoms with Gasteiger partial charge in [-0.25, -0.2) is 10.3 Å². The summed E-state index contributed by atoms with van der Waals surface area (Å²) in [6.45, 7) is 0. The minimum absolute atomic E-state index is 0.116. The Morgan fingerprint density at radius 1 is 1.28 bits per heavy atom. The van der Waals surface area contributed by atoms with Crippen LogP contribution in [0.1, 0.15) is 25.7 Å². The van der Waals surface area contributed by atoms with Crippen LogP contribution in [0, 0.1) is 0 Å². The minimum atomic E-state index is -0.453. The van der Waals surface area contributed by atoms with E-state index in [1.165, 1.54) is 0 Å². The third kappa shape index (κ3) is 3.77. The highest BCUT2D eigenvalue weighted by atomic mass is 35.5. The number of halogens is 2. The van der Waals surface area contributed by atoms with Gasteiger partial charge in [0.15, 0.2) is 0 Å². The summed E-state index contributed by atoms with van der Waals surface area (Å²) in [5.74, 6) is 0. The van der Waals surface area contributed by atoms with Gasteiger partial charge in [0.1, 0.15) is 0 Å². The molecule has 2 N–H and O–H groups in total. The number of anilines is 1. The number of rotatable bonds is 3. The Labute approximate surface area is 116 Å². The number of benzene rings is 1. The van der Waals surface area contributed by atoms with E-state index in [9.17, 15) is 4.79 Å². The fourth-order valence-corrected chi connectivity index (χ4v) is 2.22. The molecule has 1 aliphatic carbocycles. The number of carbonyl (C=O) groups excluding carboxylic acids is 1. The molecular weight excluding hydrogens is 275 g/mol. The van der Waals surface area contributed by atoms with Crippen LogP contribution in [-0.4, -0.2) is 12.1 Å². The Bertz CT molecular complexity index is 434. The van der Waals surface area contributed by atoms with Crippen molar-refractivity contribution in [1.82, 2.24) is 5.48 Å². The highest BCUT2D eigenvalue weighted by molar-refractivity contribution is 6.35. The van der Waals surface area contributed by atoms with E-state index in [2.05, 4.69) is 10.8 Å². The minimum Gasteiger partial charge on any atom is -0.305 e. The van der Waals surface area contributed by atoms with Crippen LogP contribution in [0.4, 0.5) is 10.5 Å². The summed E-state index contributed by atoms with van der Waals surface area (Å²) in [7, 11) is 0. The molecule has 1 fully saturated rings. The molecule has 0 unspecified atom stereocenters. The SMILES string of the molecule is O=C(NOC1CCCC1)Nc1cc(Cl)ccc1Cl. The van der Waals surface area contributed by atoms with E-state index in [0.29, 0.717) is 15.7 Å². The molecule has 98 valence electrons. The third-order valence-corrected chi connectivity index (χ3v) is 3.36. The maximum absolute atomic E-state index is 11.6. The summed E-state index contributed by atoms with van der Waals surface area (Å²) < 4.78 is 0. The zero-order chi connectivity index (χ0) is 13.0. The predicted molar refractivity (Wildman–Crippen MR) is 72.0 cm³/mol. The van der Waals surface area contributed by atoms with E-state index in [1.807, 2.05) is 0 Å². The molecule has 0 radical (unpaired) electrons. The van der Waals surface area contributed by atoms with Crippen LogP contribution in [-0.2, 0) is 4.84 Å². The van der Waals surface area contributed by atoms with Gasteiger partial charge >= 0.3 is 6.03 Å². The van der Waals surface area contributed by atoms with Crippen molar-refractivity contribution in [2.45, 2.75) is 31.8 Å².